The molecule has 2 aromatic heterocycles. The van der Waals surface area contributed by atoms with Gasteiger partial charge in [0.2, 0.25) is 5.95 Å². The number of furan rings is 1. The van der Waals surface area contributed by atoms with Gasteiger partial charge >= 0.3 is 0 Å². The first kappa shape index (κ1) is 16.8. The van der Waals surface area contributed by atoms with Gasteiger partial charge in [-0.15, -0.1) is 5.10 Å². The Morgan fingerprint density at radius 1 is 1.21 bits per heavy atom. The average Bonchev–Trinajstić information content (AvgIpc) is 3.21. The van der Waals surface area contributed by atoms with Crippen LogP contribution in [-0.4, -0.2) is 19.9 Å². The molecule has 9 heteroatoms. The van der Waals surface area contributed by atoms with E-state index in [0.717, 1.165) is 11.3 Å². The summed E-state index contributed by atoms with van der Waals surface area (Å²) in [5, 5.41) is 11.8. The van der Waals surface area contributed by atoms with E-state index in [1.165, 1.54) is 0 Å². The highest BCUT2D eigenvalue weighted by Crippen LogP contribution is 2.24. The van der Waals surface area contributed by atoms with Crippen molar-refractivity contribution in [2.24, 2.45) is 0 Å². The molecular weight excluding hydrogens is 369 g/mol. The van der Waals surface area contributed by atoms with E-state index in [9.17, 15) is 0 Å². The van der Waals surface area contributed by atoms with E-state index in [1.54, 1.807) is 35.5 Å². The fourth-order valence-electron chi connectivity index (χ4n) is 2.00. The number of hydrogen-bond donors (Lipinski definition) is 2. The standard InChI is InChI=1S/C15H13Cl2N5OS/c16-12-4-1-5-13(17)11(12)8-22-9-19-14(21-22)20-15(24)18-7-10-3-2-6-23-10/h1-6,9H,7-8H2,(H2,18,20,21,24). The van der Waals surface area contributed by atoms with Crippen molar-refractivity contribution in [3.05, 3.63) is 64.3 Å². The van der Waals surface area contributed by atoms with Gasteiger partial charge in [0.05, 0.1) is 19.4 Å². The van der Waals surface area contributed by atoms with Crippen LogP contribution in [0.3, 0.4) is 0 Å². The molecule has 2 heterocycles. The lowest BCUT2D eigenvalue weighted by atomic mass is 10.2. The van der Waals surface area contributed by atoms with Crippen molar-refractivity contribution in [3.63, 3.8) is 0 Å². The maximum atomic E-state index is 6.16. The normalized spacial score (nSPS) is 10.6. The van der Waals surface area contributed by atoms with E-state index >= 15 is 0 Å². The second-order valence-electron chi connectivity index (χ2n) is 4.85. The lowest BCUT2D eigenvalue weighted by molar-refractivity contribution is 0.503. The van der Waals surface area contributed by atoms with Gasteiger partial charge in [-0.25, -0.2) is 9.67 Å². The van der Waals surface area contributed by atoms with Gasteiger partial charge in [0.1, 0.15) is 12.1 Å². The molecule has 0 aliphatic carbocycles. The molecule has 3 rings (SSSR count). The average molecular weight is 382 g/mol. The number of hydrogen-bond acceptors (Lipinski definition) is 4. The van der Waals surface area contributed by atoms with Crippen LogP contribution in [0, 0.1) is 0 Å². The summed E-state index contributed by atoms with van der Waals surface area (Å²) in [4.78, 5) is 4.16. The molecule has 6 nitrogen and oxygen atoms in total. The smallest absolute Gasteiger partial charge is 0.248 e. The first-order valence-corrected chi connectivity index (χ1v) is 8.18. The van der Waals surface area contributed by atoms with Crippen LogP contribution < -0.4 is 10.6 Å². The van der Waals surface area contributed by atoms with Gasteiger partial charge in [0.15, 0.2) is 5.11 Å². The maximum Gasteiger partial charge on any atom is 0.248 e. The summed E-state index contributed by atoms with van der Waals surface area (Å²) in [5.74, 6) is 1.17. The molecule has 0 aliphatic heterocycles. The molecule has 124 valence electrons. The highest BCUT2D eigenvalue weighted by atomic mass is 35.5. The number of benzene rings is 1. The van der Waals surface area contributed by atoms with Crippen LogP contribution in [0.2, 0.25) is 10.0 Å². The lowest BCUT2D eigenvalue weighted by Crippen LogP contribution is -2.28. The first-order valence-electron chi connectivity index (χ1n) is 7.01. The highest BCUT2D eigenvalue weighted by Gasteiger charge is 2.09. The summed E-state index contributed by atoms with van der Waals surface area (Å²) in [7, 11) is 0. The Labute approximate surface area is 153 Å². The third-order valence-electron chi connectivity index (χ3n) is 3.15. The number of rotatable bonds is 5. The van der Waals surface area contributed by atoms with Crippen LogP contribution in [0.15, 0.2) is 47.3 Å². The van der Waals surface area contributed by atoms with Crippen molar-refractivity contribution in [2.45, 2.75) is 13.1 Å². The predicted molar refractivity (Wildman–Crippen MR) is 97.4 cm³/mol. The zero-order valence-corrected chi connectivity index (χ0v) is 14.7. The number of aromatic nitrogens is 3. The molecule has 1 aromatic carbocycles. The molecule has 0 bridgehead atoms. The first-order chi connectivity index (χ1) is 11.6. The van der Waals surface area contributed by atoms with Crippen molar-refractivity contribution < 1.29 is 4.42 Å². The third-order valence-corrected chi connectivity index (χ3v) is 4.10. The van der Waals surface area contributed by atoms with E-state index in [0.29, 0.717) is 34.2 Å². The Hall–Kier alpha value is -2.09. The van der Waals surface area contributed by atoms with Crippen LogP contribution in [0.4, 0.5) is 5.95 Å². The molecule has 2 N–H and O–H groups in total. The molecule has 0 fully saturated rings. The molecular formula is C15H13Cl2N5OS. The second kappa shape index (κ2) is 7.65. The van der Waals surface area contributed by atoms with Gasteiger partial charge in [-0.1, -0.05) is 29.3 Å². The fourth-order valence-corrected chi connectivity index (χ4v) is 2.68. The summed E-state index contributed by atoms with van der Waals surface area (Å²) >= 11 is 17.5. The van der Waals surface area contributed by atoms with Crippen molar-refractivity contribution >= 4 is 46.5 Å². The minimum Gasteiger partial charge on any atom is -0.467 e. The van der Waals surface area contributed by atoms with E-state index in [2.05, 4.69) is 20.7 Å². The van der Waals surface area contributed by atoms with Crippen LogP contribution in [0.1, 0.15) is 11.3 Å². The number of halogens is 2. The van der Waals surface area contributed by atoms with Crippen LogP contribution in [-0.2, 0) is 13.1 Å². The van der Waals surface area contributed by atoms with E-state index in [4.69, 9.17) is 39.8 Å². The Balaban J connectivity index is 1.58. The number of thiocarbonyl (C=S) groups is 1. The Kier molecular flexibility index (Phi) is 5.34. The van der Waals surface area contributed by atoms with Crippen molar-refractivity contribution in [2.75, 3.05) is 5.32 Å². The Bertz CT molecular complexity index is 814. The maximum absolute atomic E-state index is 6.16. The van der Waals surface area contributed by atoms with Gasteiger partial charge in [0, 0.05) is 15.6 Å². The lowest BCUT2D eigenvalue weighted by Gasteiger charge is -2.07. The Morgan fingerprint density at radius 2 is 2.00 bits per heavy atom. The summed E-state index contributed by atoms with van der Waals surface area (Å²) in [6.45, 7) is 0.897. The zero-order chi connectivity index (χ0) is 16.9. The fraction of sp³-hybridized carbons (Fsp3) is 0.133. The molecule has 0 radical (unpaired) electrons. The number of nitrogens with one attached hydrogen (secondary N) is 2. The summed E-state index contributed by atoms with van der Waals surface area (Å²) < 4.78 is 6.85. The molecule has 0 saturated heterocycles. The Morgan fingerprint density at radius 3 is 2.71 bits per heavy atom. The molecule has 0 unspecified atom stereocenters. The van der Waals surface area contributed by atoms with Crippen LogP contribution in [0.5, 0.6) is 0 Å². The minimum atomic E-state index is 0.384. The molecule has 0 saturated carbocycles. The van der Waals surface area contributed by atoms with Crippen LogP contribution >= 0.6 is 35.4 Å². The third kappa shape index (κ3) is 4.25. The monoisotopic (exact) mass is 381 g/mol. The molecule has 0 atom stereocenters. The van der Waals surface area contributed by atoms with Crippen LogP contribution in [0.25, 0.3) is 0 Å². The predicted octanol–water partition coefficient (Wildman–Crippen LogP) is 3.71. The van der Waals surface area contributed by atoms with Gasteiger partial charge in [-0.3, -0.25) is 5.32 Å². The summed E-state index contributed by atoms with van der Waals surface area (Å²) in [6, 6.07) is 9.04. The summed E-state index contributed by atoms with van der Waals surface area (Å²) in [6.07, 6.45) is 3.19. The SMILES string of the molecule is S=C(NCc1ccco1)Nc1ncn(Cc2c(Cl)cccc2Cl)n1. The van der Waals surface area contributed by atoms with Gasteiger partial charge < -0.3 is 9.73 Å². The molecule has 0 amide bonds. The number of anilines is 1. The molecule has 0 spiro atoms. The number of nitrogens with zero attached hydrogens (tertiary/aromatic N) is 3. The van der Waals surface area contributed by atoms with E-state index in [1.807, 2.05) is 12.1 Å². The van der Waals surface area contributed by atoms with Gasteiger partial charge in [0.25, 0.3) is 0 Å². The molecule has 24 heavy (non-hydrogen) atoms. The summed E-state index contributed by atoms with van der Waals surface area (Å²) in [5.41, 5.74) is 0.788. The zero-order valence-electron chi connectivity index (χ0n) is 12.4. The van der Waals surface area contributed by atoms with Gasteiger partial charge in [-0.05, 0) is 36.5 Å². The van der Waals surface area contributed by atoms with E-state index < -0.39 is 0 Å². The largest absolute Gasteiger partial charge is 0.467 e. The highest BCUT2D eigenvalue weighted by molar-refractivity contribution is 7.80. The van der Waals surface area contributed by atoms with Crippen molar-refractivity contribution in [1.29, 1.82) is 0 Å². The van der Waals surface area contributed by atoms with E-state index in [-0.39, 0.29) is 0 Å². The van der Waals surface area contributed by atoms with Crippen molar-refractivity contribution in [3.8, 4) is 0 Å². The molecule has 3 aromatic rings. The second-order valence-corrected chi connectivity index (χ2v) is 6.08. The topological polar surface area (TPSA) is 67.9 Å². The van der Waals surface area contributed by atoms with Crippen molar-refractivity contribution in [1.82, 2.24) is 20.1 Å². The molecule has 0 aliphatic rings. The quantitative estimate of drug-likeness (QED) is 0.656. The minimum absolute atomic E-state index is 0.384. The van der Waals surface area contributed by atoms with Gasteiger partial charge in [-0.2, -0.15) is 0 Å².